The second kappa shape index (κ2) is 3.88. The Bertz CT molecular complexity index is 325. The Labute approximate surface area is 83.4 Å². The highest BCUT2D eigenvalue weighted by atomic mass is 16.3. The molecule has 14 heavy (non-hydrogen) atoms. The van der Waals surface area contributed by atoms with Crippen molar-refractivity contribution in [2.45, 2.75) is 12.8 Å². The van der Waals surface area contributed by atoms with Crippen molar-refractivity contribution in [1.29, 1.82) is 0 Å². The minimum Gasteiger partial charge on any atom is -0.508 e. The molecule has 1 heterocycles. The van der Waals surface area contributed by atoms with Crippen LogP contribution in [0.15, 0.2) is 18.2 Å². The predicted octanol–water partition coefficient (Wildman–Crippen LogP) is 1.36. The Hall–Kier alpha value is -1.22. The summed E-state index contributed by atoms with van der Waals surface area (Å²) in [5.41, 5.74) is 2.26. The molecule has 1 aliphatic rings. The van der Waals surface area contributed by atoms with E-state index < -0.39 is 0 Å². The largest absolute Gasteiger partial charge is 0.508 e. The van der Waals surface area contributed by atoms with Crippen LogP contribution in [0.2, 0.25) is 0 Å². The van der Waals surface area contributed by atoms with Gasteiger partial charge in [0.15, 0.2) is 0 Å². The number of nitrogens with one attached hydrogen (secondary N) is 1. The van der Waals surface area contributed by atoms with E-state index in [0.29, 0.717) is 11.7 Å². The standard InChI is InChI=1S/C11H15NO2/c13-4-3-8-5-9-6-10(14)1-2-11(9)12-7-8/h1-2,6,8,12-14H,3-5,7H2. The lowest BCUT2D eigenvalue weighted by atomic mass is 9.92. The van der Waals surface area contributed by atoms with E-state index in [9.17, 15) is 5.11 Å². The molecule has 3 nitrogen and oxygen atoms in total. The van der Waals surface area contributed by atoms with E-state index in [1.54, 1.807) is 12.1 Å². The van der Waals surface area contributed by atoms with Crippen molar-refractivity contribution in [1.82, 2.24) is 0 Å². The highest BCUT2D eigenvalue weighted by molar-refractivity contribution is 5.55. The molecule has 0 amide bonds. The third-order valence-electron chi connectivity index (χ3n) is 2.72. The summed E-state index contributed by atoms with van der Waals surface area (Å²) in [5, 5.41) is 21.5. The summed E-state index contributed by atoms with van der Waals surface area (Å²) < 4.78 is 0. The number of hydrogen-bond donors (Lipinski definition) is 3. The van der Waals surface area contributed by atoms with Crippen LogP contribution in [0.1, 0.15) is 12.0 Å². The molecule has 1 atom stereocenters. The third kappa shape index (κ3) is 1.82. The van der Waals surface area contributed by atoms with Gasteiger partial charge in [-0.05, 0) is 42.5 Å². The van der Waals surface area contributed by atoms with Gasteiger partial charge in [0.25, 0.3) is 0 Å². The highest BCUT2D eigenvalue weighted by Crippen LogP contribution is 2.28. The Morgan fingerprint density at radius 3 is 3.07 bits per heavy atom. The van der Waals surface area contributed by atoms with Crippen LogP contribution in [-0.2, 0) is 6.42 Å². The van der Waals surface area contributed by atoms with Crippen LogP contribution in [0.3, 0.4) is 0 Å². The zero-order chi connectivity index (χ0) is 9.97. The first-order valence-electron chi connectivity index (χ1n) is 4.96. The molecular weight excluding hydrogens is 178 g/mol. The zero-order valence-corrected chi connectivity index (χ0v) is 8.03. The number of aliphatic hydroxyl groups is 1. The lowest BCUT2D eigenvalue weighted by molar-refractivity contribution is 0.258. The van der Waals surface area contributed by atoms with Gasteiger partial charge in [0.05, 0.1) is 0 Å². The van der Waals surface area contributed by atoms with Crippen LogP contribution in [-0.4, -0.2) is 23.4 Å². The molecule has 3 N–H and O–H groups in total. The number of benzene rings is 1. The Balaban J connectivity index is 2.16. The normalized spacial score (nSPS) is 19.9. The summed E-state index contributed by atoms with van der Waals surface area (Å²) >= 11 is 0. The molecule has 3 heteroatoms. The first-order valence-corrected chi connectivity index (χ1v) is 4.96. The van der Waals surface area contributed by atoms with Gasteiger partial charge in [0.1, 0.15) is 5.75 Å². The maximum absolute atomic E-state index is 9.33. The second-order valence-corrected chi connectivity index (χ2v) is 3.80. The van der Waals surface area contributed by atoms with Crippen LogP contribution in [0.5, 0.6) is 5.75 Å². The Kier molecular flexibility index (Phi) is 2.59. The van der Waals surface area contributed by atoms with Gasteiger partial charge in [-0.15, -0.1) is 0 Å². The van der Waals surface area contributed by atoms with E-state index in [0.717, 1.165) is 30.6 Å². The van der Waals surface area contributed by atoms with Crippen LogP contribution in [0.4, 0.5) is 5.69 Å². The molecule has 1 unspecified atom stereocenters. The zero-order valence-electron chi connectivity index (χ0n) is 8.03. The molecule has 0 radical (unpaired) electrons. The monoisotopic (exact) mass is 193 g/mol. The van der Waals surface area contributed by atoms with E-state index in [4.69, 9.17) is 5.11 Å². The summed E-state index contributed by atoms with van der Waals surface area (Å²) in [6.07, 6.45) is 1.76. The average Bonchev–Trinajstić information content (AvgIpc) is 2.17. The number of fused-ring (bicyclic) bond motifs is 1. The summed E-state index contributed by atoms with van der Waals surface area (Å²) in [4.78, 5) is 0. The molecule has 0 aliphatic carbocycles. The lowest BCUT2D eigenvalue weighted by Gasteiger charge is -2.25. The first kappa shape index (κ1) is 9.34. The third-order valence-corrected chi connectivity index (χ3v) is 2.72. The van der Waals surface area contributed by atoms with Crippen molar-refractivity contribution in [2.24, 2.45) is 5.92 Å². The van der Waals surface area contributed by atoms with Crippen LogP contribution >= 0.6 is 0 Å². The fraction of sp³-hybridized carbons (Fsp3) is 0.455. The SMILES string of the molecule is OCCC1CNc2ccc(O)cc2C1. The molecule has 0 saturated heterocycles. The average molecular weight is 193 g/mol. The molecule has 1 aromatic rings. The maximum atomic E-state index is 9.33. The van der Waals surface area contributed by atoms with Crippen molar-refractivity contribution < 1.29 is 10.2 Å². The number of hydrogen-bond acceptors (Lipinski definition) is 3. The van der Waals surface area contributed by atoms with Crippen molar-refractivity contribution in [3.05, 3.63) is 23.8 Å². The molecule has 0 fully saturated rings. The molecular formula is C11H15NO2. The molecule has 0 bridgehead atoms. The van der Waals surface area contributed by atoms with Gasteiger partial charge in [0, 0.05) is 18.8 Å². The smallest absolute Gasteiger partial charge is 0.116 e. The van der Waals surface area contributed by atoms with Gasteiger partial charge < -0.3 is 15.5 Å². The Morgan fingerprint density at radius 2 is 2.29 bits per heavy atom. The fourth-order valence-corrected chi connectivity index (χ4v) is 1.95. The lowest BCUT2D eigenvalue weighted by Crippen LogP contribution is -2.23. The van der Waals surface area contributed by atoms with Crippen molar-refractivity contribution in [3.8, 4) is 5.75 Å². The van der Waals surface area contributed by atoms with Crippen molar-refractivity contribution in [2.75, 3.05) is 18.5 Å². The minimum absolute atomic E-state index is 0.237. The van der Waals surface area contributed by atoms with E-state index in [-0.39, 0.29) is 6.61 Å². The summed E-state index contributed by atoms with van der Waals surface area (Å²) in [7, 11) is 0. The molecule has 76 valence electrons. The maximum Gasteiger partial charge on any atom is 0.116 e. The van der Waals surface area contributed by atoms with Gasteiger partial charge in [-0.3, -0.25) is 0 Å². The minimum atomic E-state index is 0.237. The van der Waals surface area contributed by atoms with Crippen LogP contribution in [0, 0.1) is 5.92 Å². The number of phenols is 1. The van der Waals surface area contributed by atoms with Gasteiger partial charge in [-0.25, -0.2) is 0 Å². The molecule has 0 spiro atoms. The predicted molar refractivity (Wildman–Crippen MR) is 55.5 cm³/mol. The van der Waals surface area contributed by atoms with Crippen molar-refractivity contribution in [3.63, 3.8) is 0 Å². The van der Waals surface area contributed by atoms with Crippen molar-refractivity contribution >= 4 is 5.69 Å². The quantitative estimate of drug-likeness (QED) is 0.621. The number of aliphatic hydroxyl groups excluding tert-OH is 1. The van der Waals surface area contributed by atoms with Gasteiger partial charge in [-0.1, -0.05) is 0 Å². The number of rotatable bonds is 2. The summed E-state index contributed by atoms with van der Waals surface area (Å²) in [5.74, 6) is 0.796. The van der Waals surface area contributed by atoms with E-state index in [1.165, 1.54) is 0 Å². The fourth-order valence-electron chi connectivity index (χ4n) is 1.95. The van der Waals surface area contributed by atoms with E-state index >= 15 is 0 Å². The van der Waals surface area contributed by atoms with Gasteiger partial charge >= 0.3 is 0 Å². The molecule has 0 aromatic heterocycles. The van der Waals surface area contributed by atoms with Crippen LogP contribution < -0.4 is 5.32 Å². The molecule has 1 aliphatic heterocycles. The number of aromatic hydroxyl groups is 1. The van der Waals surface area contributed by atoms with Crippen LogP contribution in [0.25, 0.3) is 0 Å². The molecule has 2 rings (SSSR count). The van der Waals surface area contributed by atoms with Gasteiger partial charge in [0.2, 0.25) is 0 Å². The van der Waals surface area contributed by atoms with E-state index in [2.05, 4.69) is 5.32 Å². The molecule has 0 saturated carbocycles. The topological polar surface area (TPSA) is 52.5 Å². The summed E-state index contributed by atoms with van der Waals surface area (Å²) in [6.45, 7) is 1.15. The molecule has 1 aromatic carbocycles. The van der Waals surface area contributed by atoms with E-state index in [1.807, 2.05) is 6.07 Å². The first-order chi connectivity index (χ1) is 6.79. The summed E-state index contributed by atoms with van der Waals surface area (Å²) in [6, 6.07) is 5.39. The highest BCUT2D eigenvalue weighted by Gasteiger charge is 2.17. The van der Waals surface area contributed by atoms with Gasteiger partial charge in [-0.2, -0.15) is 0 Å². The number of anilines is 1. The second-order valence-electron chi connectivity index (χ2n) is 3.80. The Morgan fingerprint density at radius 1 is 1.43 bits per heavy atom. The number of phenolic OH excluding ortho intramolecular Hbond substituents is 1.